The molecule has 29 heavy (non-hydrogen) atoms. The minimum Gasteiger partial charge on any atom is -0.361 e. The minimum atomic E-state index is -1.05. The highest BCUT2D eigenvalue weighted by atomic mass is 35.5. The molecular formula is C19H20ClN5O4. The van der Waals surface area contributed by atoms with Crippen molar-refractivity contribution in [3.8, 4) is 0 Å². The molecule has 2 rings (SSSR count). The standard InChI is InChI=1S/C19H20ClN5O4/c1-10(24-18(28)16(21)26)12-4-2-11(3-5-12)9-23-17(27)14-8-13(25-19(22)29)6-7-15(14)20/h2-8,10H,9H2,1H3,(H2,21,26)(H,23,27)(H,24,28)(H3,22,25,29)/t10-/m1/s1. The second-order valence-electron chi connectivity index (χ2n) is 6.17. The summed E-state index contributed by atoms with van der Waals surface area (Å²) in [7, 11) is 0. The van der Waals surface area contributed by atoms with Crippen LogP contribution in [-0.4, -0.2) is 23.8 Å². The van der Waals surface area contributed by atoms with Crippen molar-refractivity contribution in [1.29, 1.82) is 0 Å². The van der Waals surface area contributed by atoms with Gasteiger partial charge in [-0.1, -0.05) is 35.9 Å². The van der Waals surface area contributed by atoms with E-state index in [2.05, 4.69) is 16.0 Å². The molecule has 7 N–H and O–H groups in total. The third-order valence-corrected chi connectivity index (χ3v) is 4.31. The number of halogens is 1. The second kappa shape index (κ2) is 9.56. The van der Waals surface area contributed by atoms with Gasteiger partial charge in [-0.3, -0.25) is 14.4 Å². The van der Waals surface area contributed by atoms with Crippen LogP contribution in [0.3, 0.4) is 0 Å². The maximum atomic E-state index is 12.4. The van der Waals surface area contributed by atoms with Crippen molar-refractivity contribution in [2.75, 3.05) is 5.32 Å². The van der Waals surface area contributed by atoms with Crippen LogP contribution in [0.25, 0.3) is 0 Å². The first kappa shape index (κ1) is 21.7. The van der Waals surface area contributed by atoms with Gasteiger partial charge in [0.25, 0.3) is 5.91 Å². The fraction of sp³-hybridized carbons (Fsp3) is 0.158. The van der Waals surface area contributed by atoms with Crippen molar-refractivity contribution >= 4 is 41.0 Å². The van der Waals surface area contributed by atoms with Gasteiger partial charge in [0.1, 0.15) is 0 Å². The molecule has 0 bridgehead atoms. The summed E-state index contributed by atoms with van der Waals surface area (Å²) in [6.07, 6.45) is 0. The molecule has 1 atom stereocenters. The Morgan fingerprint density at radius 1 is 1.03 bits per heavy atom. The fourth-order valence-electron chi connectivity index (χ4n) is 2.47. The van der Waals surface area contributed by atoms with Gasteiger partial charge in [0, 0.05) is 12.2 Å². The van der Waals surface area contributed by atoms with E-state index < -0.39 is 29.8 Å². The highest BCUT2D eigenvalue weighted by Crippen LogP contribution is 2.21. The van der Waals surface area contributed by atoms with Crippen LogP contribution in [0.2, 0.25) is 5.02 Å². The van der Waals surface area contributed by atoms with E-state index in [4.69, 9.17) is 23.1 Å². The van der Waals surface area contributed by atoms with Gasteiger partial charge >= 0.3 is 17.8 Å². The molecule has 0 radical (unpaired) electrons. The quantitative estimate of drug-likeness (QED) is 0.450. The Morgan fingerprint density at radius 3 is 2.28 bits per heavy atom. The molecule has 0 aliphatic heterocycles. The molecule has 10 heteroatoms. The van der Waals surface area contributed by atoms with Gasteiger partial charge in [-0.2, -0.15) is 0 Å². The summed E-state index contributed by atoms with van der Waals surface area (Å²) in [5.41, 5.74) is 12.1. The molecule has 9 nitrogen and oxygen atoms in total. The summed E-state index contributed by atoms with van der Waals surface area (Å²) in [6.45, 7) is 1.94. The Morgan fingerprint density at radius 2 is 1.69 bits per heavy atom. The van der Waals surface area contributed by atoms with Gasteiger partial charge in [-0.15, -0.1) is 0 Å². The lowest BCUT2D eigenvalue weighted by atomic mass is 10.1. The van der Waals surface area contributed by atoms with Crippen molar-refractivity contribution in [1.82, 2.24) is 10.6 Å². The maximum absolute atomic E-state index is 12.4. The zero-order valence-corrected chi connectivity index (χ0v) is 16.2. The molecule has 0 fully saturated rings. The van der Waals surface area contributed by atoms with Crippen molar-refractivity contribution in [3.05, 3.63) is 64.2 Å². The first-order valence-corrected chi connectivity index (χ1v) is 8.88. The molecule has 2 aromatic carbocycles. The molecular weight excluding hydrogens is 398 g/mol. The molecule has 0 saturated heterocycles. The molecule has 0 heterocycles. The van der Waals surface area contributed by atoms with Gasteiger partial charge in [-0.05, 0) is 36.2 Å². The van der Waals surface area contributed by atoms with Gasteiger partial charge in [0.15, 0.2) is 0 Å². The van der Waals surface area contributed by atoms with Crippen molar-refractivity contribution < 1.29 is 19.2 Å². The fourth-order valence-corrected chi connectivity index (χ4v) is 2.68. The van der Waals surface area contributed by atoms with E-state index in [0.717, 1.165) is 11.1 Å². The zero-order chi connectivity index (χ0) is 21.6. The van der Waals surface area contributed by atoms with Gasteiger partial charge in [0.2, 0.25) is 0 Å². The second-order valence-corrected chi connectivity index (χ2v) is 6.57. The molecule has 0 spiro atoms. The van der Waals surface area contributed by atoms with Crippen molar-refractivity contribution in [2.24, 2.45) is 11.5 Å². The lowest BCUT2D eigenvalue weighted by Gasteiger charge is -2.14. The van der Waals surface area contributed by atoms with Gasteiger partial charge in [-0.25, -0.2) is 4.79 Å². The molecule has 0 unspecified atom stereocenters. The monoisotopic (exact) mass is 417 g/mol. The summed E-state index contributed by atoms with van der Waals surface area (Å²) in [5, 5.41) is 7.82. The van der Waals surface area contributed by atoms with Crippen molar-refractivity contribution in [3.63, 3.8) is 0 Å². The smallest absolute Gasteiger partial charge is 0.316 e. The number of amides is 5. The summed E-state index contributed by atoms with van der Waals surface area (Å²) >= 11 is 6.06. The predicted molar refractivity (Wildman–Crippen MR) is 108 cm³/mol. The number of primary amides is 2. The molecule has 5 amide bonds. The number of carbonyl (C=O) groups excluding carboxylic acids is 4. The summed E-state index contributed by atoms with van der Waals surface area (Å²) in [6, 6.07) is 10.4. The van der Waals surface area contributed by atoms with Crippen LogP contribution in [0.4, 0.5) is 10.5 Å². The highest BCUT2D eigenvalue weighted by Gasteiger charge is 2.14. The van der Waals surface area contributed by atoms with E-state index in [1.807, 2.05) is 0 Å². The lowest BCUT2D eigenvalue weighted by molar-refractivity contribution is -0.137. The van der Waals surface area contributed by atoms with Gasteiger partial charge in [0.05, 0.1) is 16.6 Å². The SMILES string of the molecule is C[C@@H](NC(=O)C(N)=O)c1ccc(CNC(=O)c2cc(NC(N)=O)ccc2Cl)cc1. The third-order valence-electron chi connectivity index (χ3n) is 3.98. The van der Waals surface area contributed by atoms with E-state index in [1.165, 1.54) is 18.2 Å². The largest absolute Gasteiger partial charge is 0.361 e. The summed E-state index contributed by atoms with van der Waals surface area (Å²) in [4.78, 5) is 45.5. The number of nitrogens with one attached hydrogen (secondary N) is 3. The van der Waals surface area contributed by atoms with Crippen LogP contribution in [0, 0.1) is 0 Å². The first-order valence-electron chi connectivity index (χ1n) is 8.50. The van der Waals surface area contributed by atoms with Crippen LogP contribution in [0.1, 0.15) is 34.5 Å². The molecule has 152 valence electrons. The van der Waals surface area contributed by atoms with Crippen LogP contribution in [-0.2, 0) is 16.1 Å². The number of urea groups is 1. The van der Waals surface area contributed by atoms with Crippen molar-refractivity contribution in [2.45, 2.75) is 19.5 Å². The molecule has 0 aromatic heterocycles. The molecule has 0 aliphatic carbocycles. The number of anilines is 1. The Bertz CT molecular complexity index is 946. The number of hydrogen-bond donors (Lipinski definition) is 5. The lowest BCUT2D eigenvalue weighted by Crippen LogP contribution is -2.37. The average Bonchev–Trinajstić information content (AvgIpc) is 2.67. The number of carbonyl (C=O) groups is 4. The first-order chi connectivity index (χ1) is 13.7. The molecule has 2 aromatic rings. The Hall–Kier alpha value is -3.59. The highest BCUT2D eigenvalue weighted by molar-refractivity contribution is 6.34. The number of nitrogens with two attached hydrogens (primary N) is 2. The van der Waals surface area contributed by atoms with Crippen LogP contribution < -0.4 is 27.4 Å². The number of rotatable bonds is 6. The molecule has 0 aliphatic rings. The Balaban J connectivity index is 1.99. The minimum absolute atomic E-state index is 0.192. The predicted octanol–water partition coefficient (Wildman–Crippen LogP) is 1.42. The third kappa shape index (κ3) is 6.22. The summed E-state index contributed by atoms with van der Waals surface area (Å²) < 4.78 is 0. The van der Waals surface area contributed by atoms with Crippen LogP contribution in [0.5, 0.6) is 0 Å². The molecule has 0 saturated carbocycles. The summed E-state index contributed by atoms with van der Waals surface area (Å²) in [5.74, 6) is -2.34. The van der Waals surface area contributed by atoms with Crippen LogP contribution in [0.15, 0.2) is 42.5 Å². The van der Waals surface area contributed by atoms with E-state index in [0.29, 0.717) is 5.69 Å². The van der Waals surface area contributed by atoms with E-state index in [-0.39, 0.29) is 17.1 Å². The van der Waals surface area contributed by atoms with Gasteiger partial charge < -0.3 is 27.4 Å². The number of benzene rings is 2. The number of hydrogen-bond acceptors (Lipinski definition) is 4. The maximum Gasteiger partial charge on any atom is 0.316 e. The van der Waals surface area contributed by atoms with E-state index in [9.17, 15) is 19.2 Å². The Labute approximate surface area is 171 Å². The van der Waals surface area contributed by atoms with E-state index >= 15 is 0 Å². The Kier molecular flexibility index (Phi) is 7.15. The van der Waals surface area contributed by atoms with Crippen LogP contribution >= 0.6 is 11.6 Å². The van der Waals surface area contributed by atoms with E-state index in [1.54, 1.807) is 31.2 Å². The normalized spacial score (nSPS) is 11.2. The average molecular weight is 418 g/mol. The topological polar surface area (TPSA) is 156 Å². The zero-order valence-electron chi connectivity index (χ0n) is 15.5.